The van der Waals surface area contributed by atoms with E-state index in [1.165, 1.54) is 29.5 Å². The number of nitrogens with one attached hydrogen (secondary N) is 1. The van der Waals surface area contributed by atoms with Gasteiger partial charge < -0.3 is 10.4 Å². The number of amides is 1. The van der Waals surface area contributed by atoms with Crippen molar-refractivity contribution in [3.63, 3.8) is 0 Å². The first-order valence-electron chi connectivity index (χ1n) is 8.45. The van der Waals surface area contributed by atoms with Crippen molar-refractivity contribution in [1.29, 1.82) is 0 Å². The van der Waals surface area contributed by atoms with E-state index in [2.05, 4.69) is 10.3 Å². The molecule has 4 nitrogen and oxygen atoms in total. The predicted octanol–water partition coefficient (Wildman–Crippen LogP) is 4.22. The number of thiazole rings is 1. The summed E-state index contributed by atoms with van der Waals surface area (Å²) in [6, 6.07) is 14.3. The molecule has 0 radical (unpaired) electrons. The SMILES string of the molecule is O=C(Cc1csc(-c2ccccc2)n1)NCC(O)c1ccccc1C(F)(F)F. The van der Waals surface area contributed by atoms with E-state index in [0.717, 1.165) is 16.6 Å². The normalized spacial score (nSPS) is 12.6. The lowest BCUT2D eigenvalue weighted by Crippen LogP contribution is -2.30. The third-order valence-electron chi connectivity index (χ3n) is 4.03. The fraction of sp³-hybridized carbons (Fsp3) is 0.200. The Morgan fingerprint density at radius 2 is 1.79 bits per heavy atom. The number of alkyl halides is 3. The van der Waals surface area contributed by atoms with Gasteiger partial charge in [0, 0.05) is 17.5 Å². The quantitative estimate of drug-likeness (QED) is 0.644. The van der Waals surface area contributed by atoms with Crippen LogP contribution in [0.25, 0.3) is 10.6 Å². The maximum atomic E-state index is 13.0. The smallest absolute Gasteiger partial charge is 0.387 e. The van der Waals surface area contributed by atoms with E-state index in [-0.39, 0.29) is 18.5 Å². The summed E-state index contributed by atoms with van der Waals surface area (Å²) >= 11 is 1.41. The van der Waals surface area contributed by atoms with Crippen LogP contribution < -0.4 is 5.32 Å². The number of aromatic nitrogens is 1. The number of hydrogen-bond donors (Lipinski definition) is 2. The summed E-state index contributed by atoms with van der Waals surface area (Å²) < 4.78 is 39.1. The van der Waals surface area contributed by atoms with E-state index in [9.17, 15) is 23.1 Å². The molecule has 3 aromatic rings. The van der Waals surface area contributed by atoms with Crippen LogP contribution in [0.1, 0.15) is 22.9 Å². The topological polar surface area (TPSA) is 62.2 Å². The van der Waals surface area contributed by atoms with Crippen LogP contribution in [0.2, 0.25) is 0 Å². The van der Waals surface area contributed by atoms with E-state index < -0.39 is 23.8 Å². The van der Waals surface area contributed by atoms with Crippen molar-refractivity contribution in [2.75, 3.05) is 6.54 Å². The van der Waals surface area contributed by atoms with Crippen LogP contribution in [-0.2, 0) is 17.4 Å². The minimum absolute atomic E-state index is 0.0169. The summed E-state index contributed by atoms with van der Waals surface area (Å²) in [6.07, 6.45) is -6.05. The van der Waals surface area contributed by atoms with Crippen LogP contribution in [-0.4, -0.2) is 22.5 Å². The minimum Gasteiger partial charge on any atom is -0.387 e. The molecule has 2 aromatic carbocycles. The molecule has 1 unspecified atom stereocenters. The molecule has 0 saturated heterocycles. The lowest BCUT2D eigenvalue weighted by molar-refractivity contribution is -0.139. The van der Waals surface area contributed by atoms with E-state index in [1.54, 1.807) is 5.38 Å². The van der Waals surface area contributed by atoms with Crippen molar-refractivity contribution in [3.05, 3.63) is 76.8 Å². The number of carbonyl (C=O) groups is 1. The average Bonchev–Trinajstić information content (AvgIpc) is 3.14. The van der Waals surface area contributed by atoms with E-state index in [4.69, 9.17) is 0 Å². The van der Waals surface area contributed by atoms with Crippen molar-refractivity contribution in [3.8, 4) is 10.6 Å². The maximum absolute atomic E-state index is 13.0. The summed E-state index contributed by atoms with van der Waals surface area (Å²) in [5.41, 5.74) is 0.323. The van der Waals surface area contributed by atoms with Crippen molar-refractivity contribution < 1.29 is 23.1 Å². The van der Waals surface area contributed by atoms with Gasteiger partial charge in [-0.2, -0.15) is 13.2 Å². The minimum atomic E-state index is -4.57. The largest absolute Gasteiger partial charge is 0.416 e. The standard InChI is InChI=1S/C20H17F3N2O2S/c21-20(22,23)16-9-5-4-8-15(16)17(26)11-24-18(27)10-14-12-28-19(25-14)13-6-2-1-3-7-13/h1-9,12,17,26H,10-11H2,(H,24,27). The first-order valence-corrected chi connectivity index (χ1v) is 9.33. The Morgan fingerprint density at radius 1 is 1.11 bits per heavy atom. The van der Waals surface area contributed by atoms with Crippen molar-refractivity contribution >= 4 is 17.2 Å². The third-order valence-corrected chi connectivity index (χ3v) is 4.97. The second-order valence-electron chi connectivity index (χ2n) is 6.09. The Kier molecular flexibility index (Phi) is 6.11. The molecular weight excluding hydrogens is 389 g/mol. The molecule has 0 bridgehead atoms. The van der Waals surface area contributed by atoms with Gasteiger partial charge in [-0.05, 0) is 11.6 Å². The molecule has 8 heteroatoms. The van der Waals surface area contributed by atoms with Crippen LogP contribution in [0.4, 0.5) is 13.2 Å². The molecule has 0 aliphatic carbocycles. The van der Waals surface area contributed by atoms with Gasteiger partial charge in [0.25, 0.3) is 0 Å². The van der Waals surface area contributed by atoms with Crippen LogP contribution >= 0.6 is 11.3 Å². The monoisotopic (exact) mass is 406 g/mol. The molecule has 1 heterocycles. The van der Waals surface area contributed by atoms with Gasteiger partial charge in [-0.15, -0.1) is 11.3 Å². The highest BCUT2D eigenvalue weighted by atomic mass is 32.1. The molecule has 1 aromatic heterocycles. The van der Waals surface area contributed by atoms with E-state index in [1.807, 2.05) is 30.3 Å². The highest BCUT2D eigenvalue weighted by molar-refractivity contribution is 7.13. The highest BCUT2D eigenvalue weighted by Crippen LogP contribution is 2.34. The molecule has 146 valence electrons. The highest BCUT2D eigenvalue weighted by Gasteiger charge is 2.34. The summed E-state index contributed by atoms with van der Waals surface area (Å²) in [5, 5.41) is 15.1. The number of benzene rings is 2. The van der Waals surface area contributed by atoms with Gasteiger partial charge in [-0.25, -0.2) is 4.98 Å². The molecule has 0 fully saturated rings. The molecular formula is C20H17F3N2O2S. The Balaban J connectivity index is 1.59. The van der Waals surface area contributed by atoms with Crippen molar-refractivity contribution in [2.24, 2.45) is 0 Å². The van der Waals surface area contributed by atoms with Crippen molar-refractivity contribution in [2.45, 2.75) is 18.7 Å². The van der Waals surface area contributed by atoms with Gasteiger partial charge in [-0.3, -0.25) is 4.79 Å². The molecule has 1 amide bonds. The number of aliphatic hydroxyl groups excluding tert-OH is 1. The predicted molar refractivity (Wildman–Crippen MR) is 101 cm³/mol. The number of aliphatic hydroxyl groups is 1. The van der Waals surface area contributed by atoms with Gasteiger partial charge in [0.15, 0.2) is 0 Å². The zero-order valence-electron chi connectivity index (χ0n) is 14.6. The lowest BCUT2D eigenvalue weighted by Gasteiger charge is -2.17. The first-order chi connectivity index (χ1) is 13.3. The Hall–Kier alpha value is -2.71. The Morgan fingerprint density at radius 3 is 2.50 bits per heavy atom. The fourth-order valence-electron chi connectivity index (χ4n) is 2.69. The Bertz CT molecular complexity index is 942. The second kappa shape index (κ2) is 8.53. The summed E-state index contributed by atoms with van der Waals surface area (Å²) in [6.45, 7) is -0.318. The van der Waals surface area contributed by atoms with Gasteiger partial charge in [-0.1, -0.05) is 48.5 Å². The van der Waals surface area contributed by atoms with Crippen LogP contribution in [0.3, 0.4) is 0 Å². The number of carbonyl (C=O) groups excluding carboxylic acids is 1. The van der Waals surface area contributed by atoms with Gasteiger partial charge in [0.05, 0.1) is 23.8 Å². The molecule has 1 atom stereocenters. The number of hydrogen-bond acceptors (Lipinski definition) is 4. The molecule has 28 heavy (non-hydrogen) atoms. The molecule has 3 rings (SSSR count). The van der Waals surface area contributed by atoms with Crippen molar-refractivity contribution in [1.82, 2.24) is 10.3 Å². The Labute approximate surface area is 163 Å². The first kappa shape index (κ1) is 20.0. The van der Waals surface area contributed by atoms with Gasteiger partial charge in [0.2, 0.25) is 5.91 Å². The van der Waals surface area contributed by atoms with Crippen LogP contribution in [0, 0.1) is 0 Å². The molecule has 0 spiro atoms. The van der Waals surface area contributed by atoms with Crippen LogP contribution in [0.15, 0.2) is 60.0 Å². The summed E-state index contributed by atoms with van der Waals surface area (Å²) in [5.74, 6) is -0.423. The number of nitrogens with zero attached hydrogens (tertiary/aromatic N) is 1. The molecule has 0 saturated carbocycles. The third kappa shape index (κ3) is 4.96. The molecule has 0 aliphatic heterocycles. The second-order valence-corrected chi connectivity index (χ2v) is 6.95. The van der Waals surface area contributed by atoms with Gasteiger partial charge >= 0.3 is 6.18 Å². The van der Waals surface area contributed by atoms with E-state index >= 15 is 0 Å². The van der Waals surface area contributed by atoms with E-state index in [0.29, 0.717) is 5.69 Å². The van der Waals surface area contributed by atoms with Gasteiger partial charge in [0.1, 0.15) is 5.01 Å². The maximum Gasteiger partial charge on any atom is 0.416 e. The number of rotatable bonds is 6. The zero-order chi connectivity index (χ0) is 20.1. The van der Waals surface area contributed by atoms with Crippen LogP contribution in [0.5, 0.6) is 0 Å². The fourth-order valence-corrected chi connectivity index (χ4v) is 3.52. The molecule has 2 N–H and O–H groups in total. The lowest BCUT2D eigenvalue weighted by atomic mass is 10.0. The summed E-state index contributed by atoms with van der Waals surface area (Å²) in [4.78, 5) is 16.5. The molecule has 0 aliphatic rings. The summed E-state index contributed by atoms with van der Waals surface area (Å²) in [7, 11) is 0. The average molecular weight is 406 g/mol. The zero-order valence-corrected chi connectivity index (χ0v) is 15.4. The number of halogens is 3.